The molecule has 0 fully saturated rings. The highest BCUT2D eigenvalue weighted by molar-refractivity contribution is 5.66. The quantitative estimate of drug-likeness (QED) is 0.611. The maximum atomic E-state index is 10.9. The van der Waals surface area contributed by atoms with E-state index in [2.05, 4.69) is 17.1 Å². The van der Waals surface area contributed by atoms with Crippen LogP contribution in [0, 0.1) is 10.1 Å². The fraction of sp³-hybridized carbons (Fsp3) is 0.455. The highest BCUT2D eigenvalue weighted by atomic mass is 16.6. The number of nitro benzene ring substituents is 1. The molecule has 1 N–H and O–H groups in total. The summed E-state index contributed by atoms with van der Waals surface area (Å²) in [5.41, 5.74) is 1.87. The zero-order valence-electron chi connectivity index (χ0n) is 9.27. The van der Waals surface area contributed by atoms with Crippen LogP contribution in [0.15, 0.2) is 18.2 Å². The molecule has 0 atom stereocenters. The molecule has 86 valence electrons. The van der Waals surface area contributed by atoms with Gasteiger partial charge in [0.25, 0.3) is 5.69 Å². The molecule has 5 heteroatoms. The summed E-state index contributed by atoms with van der Waals surface area (Å²) in [4.78, 5) is 12.8. The first-order valence-corrected chi connectivity index (χ1v) is 5.45. The maximum absolute atomic E-state index is 10.9. The van der Waals surface area contributed by atoms with E-state index in [1.807, 2.05) is 6.07 Å². The van der Waals surface area contributed by atoms with Crippen LogP contribution in [0.3, 0.4) is 0 Å². The summed E-state index contributed by atoms with van der Waals surface area (Å²) in [5.74, 6) is 0. The van der Waals surface area contributed by atoms with Gasteiger partial charge in [0, 0.05) is 25.7 Å². The minimum atomic E-state index is -0.326. The highest BCUT2D eigenvalue weighted by Gasteiger charge is 2.20. The standard InChI is InChI=1S/C11H15N3O2/c1-2-13-7-6-12-11-9(8-13)4-3-5-10(11)14(15)16/h3-5,12H,2,6-8H2,1H3. The molecule has 1 aliphatic rings. The summed E-state index contributed by atoms with van der Waals surface area (Å²) in [6.45, 7) is 5.51. The second-order valence-corrected chi connectivity index (χ2v) is 3.86. The molecule has 2 rings (SSSR count). The van der Waals surface area contributed by atoms with Crippen LogP contribution in [0.5, 0.6) is 0 Å². The van der Waals surface area contributed by atoms with E-state index in [9.17, 15) is 10.1 Å². The molecule has 0 aliphatic carbocycles. The molecule has 1 aromatic rings. The van der Waals surface area contributed by atoms with Crippen molar-refractivity contribution in [3.63, 3.8) is 0 Å². The van der Waals surface area contributed by atoms with Gasteiger partial charge in [-0.3, -0.25) is 15.0 Å². The Morgan fingerprint density at radius 2 is 2.38 bits per heavy atom. The lowest BCUT2D eigenvalue weighted by Gasteiger charge is -2.16. The Bertz CT molecular complexity index is 406. The van der Waals surface area contributed by atoms with Crippen LogP contribution in [0.1, 0.15) is 12.5 Å². The van der Waals surface area contributed by atoms with Crippen molar-refractivity contribution in [2.45, 2.75) is 13.5 Å². The van der Waals surface area contributed by atoms with Crippen LogP contribution in [0.4, 0.5) is 11.4 Å². The predicted molar refractivity (Wildman–Crippen MR) is 62.5 cm³/mol. The lowest BCUT2D eigenvalue weighted by Crippen LogP contribution is -2.25. The lowest BCUT2D eigenvalue weighted by atomic mass is 10.1. The van der Waals surface area contributed by atoms with Crippen molar-refractivity contribution < 1.29 is 4.92 Å². The molecule has 0 aromatic heterocycles. The van der Waals surface area contributed by atoms with E-state index in [0.717, 1.165) is 31.7 Å². The van der Waals surface area contributed by atoms with E-state index < -0.39 is 0 Å². The number of para-hydroxylation sites is 1. The fourth-order valence-corrected chi connectivity index (χ4v) is 2.00. The van der Waals surface area contributed by atoms with Gasteiger partial charge in [0.1, 0.15) is 5.69 Å². The average Bonchev–Trinajstić information content (AvgIpc) is 2.49. The fourth-order valence-electron chi connectivity index (χ4n) is 2.00. The summed E-state index contributed by atoms with van der Waals surface area (Å²) < 4.78 is 0. The number of nitrogens with one attached hydrogen (secondary N) is 1. The van der Waals surface area contributed by atoms with Gasteiger partial charge in [0.05, 0.1) is 4.92 Å². The Hall–Kier alpha value is -1.62. The normalized spacial score (nSPS) is 16.1. The molecule has 0 spiro atoms. The first-order chi connectivity index (χ1) is 7.72. The predicted octanol–water partition coefficient (Wildman–Crippen LogP) is 1.84. The van der Waals surface area contributed by atoms with Gasteiger partial charge in [0.2, 0.25) is 0 Å². The van der Waals surface area contributed by atoms with E-state index in [4.69, 9.17) is 0 Å². The number of nitrogens with zero attached hydrogens (tertiary/aromatic N) is 2. The highest BCUT2D eigenvalue weighted by Crippen LogP contribution is 2.30. The molecule has 0 unspecified atom stereocenters. The van der Waals surface area contributed by atoms with Crippen LogP contribution in [0.25, 0.3) is 0 Å². The van der Waals surface area contributed by atoms with Crippen LogP contribution in [-0.4, -0.2) is 29.5 Å². The van der Waals surface area contributed by atoms with Crippen LogP contribution in [-0.2, 0) is 6.54 Å². The molecule has 1 aliphatic heterocycles. The largest absolute Gasteiger partial charge is 0.378 e. The maximum Gasteiger partial charge on any atom is 0.292 e. The monoisotopic (exact) mass is 221 g/mol. The van der Waals surface area contributed by atoms with Crippen molar-refractivity contribution in [2.24, 2.45) is 0 Å². The van der Waals surface area contributed by atoms with E-state index in [-0.39, 0.29) is 10.6 Å². The molecule has 0 saturated carbocycles. The van der Waals surface area contributed by atoms with Crippen LogP contribution in [0.2, 0.25) is 0 Å². The van der Waals surface area contributed by atoms with Gasteiger partial charge in [-0.2, -0.15) is 0 Å². The third kappa shape index (κ3) is 1.99. The van der Waals surface area contributed by atoms with Crippen molar-refractivity contribution in [1.82, 2.24) is 4.90 Å². The Labute approximate surface area is 94.2 Å². The first-order valence-electron chi connectivity index (χ1n) is 5.45. The van der Waals surface area contributed by atoms with E-state index >= 15 is 0 Å². The number of rotatable bonds is 2. The summed E-state index contributed by atoms with van der Waals surface area (Å²) in [7, 11) is 0. The van der Waals surface area contributed by atoms with Gasteiger partial charge in [-0.1, -0.05) is 19.1 Å². The van der Waals surface area contributed by atoms with Crippen molar-refractivity contribution in [1.29, 1.82) is 0 Å². The van der Waals surface area contributed by atoms with Crippen molar-refractivity contribution in [3.05, 3.63) is 33.9 Å². The van der Waals surface area contributed by atoms with E-state index in [1.165, 1.54) is 0 Å². The summed E-state index contributed by atoms with van der Waals surface area (Å²) in [6, 6.07) is 5.24. The van der Waals surface area contributed by atoms with Crippen molar-refractivity contribution >= 4 is 11.4 Å². The van der Waals surface area contributed by atoms with Gasteiger partial charge in [-0.15, -0.1) is 0 Å². The number of fused-ring (bicyclic) bond motifs is 1. The average molecular weight is 221 g/mol. The Morgan fingerprint density at radius 1 is 1.56 bits per heavy atom. The third-order valence-electron chi connectivity index (χ3n) is 2.90. The molecule has 0 bridgehead atoms. The lowest BCUT2D eigenvalue weighted by molar-refractivity contribution is -0.384. The number of hydrogen-bond donors (Lipinski definition) is 1. The zero-order chi connectivity index (χ0) is 11.5. The Kier molecular flexibility index (Phi) is 3.05. The Morgan fingerprint density at radius 3 is 3.06 bits per heavy atom. The van der Waals surface area contributed by atoms with Gasteiger partial charge in [0.15, 0.2) is 0 Å². The van der Waals surface area contributed by atoms with Crippen molar-refractivity contribution in [2.75, 3.05) is 25.0 Å². The molecule has 1 aromatic carbocycles. The second kappa shape index (κ2) is 4.49. The Balaban J connectivity index is 2.39. The van der Waals surface area contributed by atoms with Crippen LogP contribution < -0.4 is 5.32 Å². The number of nitro groups is 1. The molecule has 0 saturated heterocycles. The van der Waals surface area contributed by atoms with Crippen molar-refractivity contribution in [3.8, 4) is 0 Å². The molecule has 1 heterocycles. The minimum Gasteiger partial charge on any atom is -0.378 e. The molecule has 16 heavy (non-hydrogen) atoms. The number of likely N-dealkylation sites (N-methyl/N-ethyl adjacent to an activating group) is 1. The smallest absolute Gasteiger partial charge is 0.292 e. The molecular formula is C11H15N3O2. The molecule has 0 amide bonds. The van der Waals surface area contributed by atoms with Gasteiger partial charge < -0.3 is 5.32 Å². The topological polar surface area (TPSA) is 58.4 Å². The first kappa shape index (κ1) is 10.9. The minimum absolute atomic E-state index is 0.176. The number of benzene rings is 1. The summed E-state index contributed by atoms with van der Waals surface area (Å²) in [6.07, 6.45) is 0. The SMILES string of the molecule is CCN1CCNc2c(cccc2[N+](=O)[O-])C1. The molecule has 0 radical (unpaired) electrons. The molecule has 5 nitrogen and oxygen atoms in total. The van der Waals surface area contributed by atoms with E-state index in [0.29, 0.717) is 5.69 Å². The number of anilines is 1. The van der Waals surface area contributed by atoms with Gasteiger partial charge in [-0.25, -0.2) is 0 Å². The third-order valence-corrected chi connectivity index (χ3v) is 2.90. The van der Waals surface area contributed by atoms with Gasteiger partial charge >= 0.3 is 0 Å². The summed E-state index contributed by atoms with van der Waals surface area (Å²) >= 11 is 0. The second-order valence-electron chi connectivity index (χ2n) is 3.86. The number of hydrogen-bond acceptors (Lipinski definition) is 4. The zero-order valence-corrected chi connectivity index (χ0v) is 9.27. The van der Waals surface area contributed by atoms with Gasteiger partial charge in [-0.05, 0) is 12.1 Å². The van der Waals surface area contributed by atoms with E-state index in [1.54, 1.807) is 12.1 Å². The van der Waals surface area contributed by atoms with Crippen LogP contribution >= 0.6 is 0 Å². The molecular weight excluding hydrogens is 206 g/mol. The summed E-state index contributed by atoms with van der Waals surface area (Å²) in [5, 5.41) is 14.0.